The van der Waals surface area contributed by atoms with Crippen LogP contribution in [0, 0.1) is 24.0 Å². The first-order valence-electron chi connectivity index (χ1n) is 7.57. The second kappa shape index (κ2) is 7.05. The number of hydrogen-bond acceptors (Lipinski definition) is 3. The van der Waals surface area contributed by atoms with Crippen LogP contribution in [0.2, 0.25) is 0 Å². The number of anilines is 1. The van der Waals surface area contributed by atoms with Crippen LogP contribution >= 0.6 is 0 Å². The molecule has 0 saturated carbocycles. The first kappa shape index (κ1) is 16.7. The molecule has 0 spiro atoms. The molecule has 0 heterocycles. The number of hydrogen-bond donors (Lipinski definition) is 0. The predicted molar refractivity (Wildman–Crippen MR) is 91.0 cm³/mol. The van der Waals surface area contributed by atoms with E-state index in [4.69, 9.17) is 0 Å². The summed E-state index contributed by atoms with van der Waals surface area (Å²) in [5.41, 5.74) is 2.90. The van der Waals surface area contributed by atoms with Crippen LogP contribution in [0.4, 0.5) is 11.4 Å². The molecular weight excluding hydrogens is 292 g/mol. The van der Waals surface area contributed by atoms with Crippen molar-refractivity contribution in [2.24, 2.45) is 0 Å². The van der Waals surface area contributed by atoms with Gasteiger partial charge in [0.1, 0.15) is 0 Å². The topological polar surface area (TPSA) is 63.5 Å². The van der Waals surface area contributed by atoms with E-state index >= 15 is 0 Å². The molecule has 0 aliphatic carbocycles. The van der Waals surface area contributed by atoms with E-state index in [-0.39, 0.29) is 11.6 Å². The van der Waals surface area contributed by atoms with E-state index in [1.807, 2.05) is 38.1 Å². The minimum Gasteiger partial charge on any atom is -0.308 e. The molecule has 5 nitrogen and oxygen atoms in total. The van der Waals surface area contributed by atoms with E-state index in [1.54, 1.807) is 17.9 Å². The van der Waals surface area contributed by atoms with Crippen molar-refractivity contribution in [2.75, 3.05) is 11.4 Å². The average molecular weight is 312 g/mol. The number of rotatable bonds is 5. The molecule has 23 heavy (non-hydrogen) atoms. The molecular formula is C18H20N2O3. The van der Waals surface area contributed by atoms with Crippen molar-refractivity contribution in [1.29, 1.82) is 0 Å². The molecule has 2 rings (SSSR count). The standard InChI is InChI=1S/C18H20N2O3/c1-4-10-19(16-7-5-6-13(2)11-16)18(21)15-8-9-17(20(22)23)14(3)12-15/h5-9,11-12H,4,10H2,1-3H3. The zero-order valence-electron chi connectivity index (χ0n) is 13.6. The lowest BCUT2D eigenvalue weighted by Crippen LogP contribution is -2.31. The number of benzene rings is 2. The van der Waals surface area contributed by atoms with Gasteiger partial charge in [-0.25, -0.2) is 0 Å². The van der Waals surface area contributed by atoms with Gasteiger partial charge in [0.2, 0.25) is 0 Å². The first-order chi connectivity index (χ1) is 10.9. The largest absolute Gasteiger partial charge is 0.308 e. The number of aryl methyl sites for hydroxylation is 2. The van der Waals surface area contributed by atoms with Crippen LogP contribution in [0.25, 0.3) is 0 Å². The molecule has 1 amide bonds. The first-order valence-corrected chi connectivity index (χ1v) is 7.57. The summed E-state index contributed by atoms with van der Waals surface area (Å²) in [6.07, 6.45) is 0.825. The molecule has 0 atom stereocenters. The molecule has 120 valence electrons. The molecule has 0 radical (unpaired) electrons. The molecule has 0 bridgehead atoms. The third-order valence-electron chi connectivity index (χ3n) is 3.65. The summed E-state index contributed by atoms with van der Waals surface area (Å²) in [5.74, 6) is -0.143. The number of carbonyl (C=O) groups excluding carboxylic acids is 1. The van der Waals surface area contributed by atoms with Gasteiger partial charge in [0.15, 0.2) is 0 Å². The predicted octanol–water partition coefficient (Wildman–Crippen LogP) is 4.27. The summed E-state index contributed by atoms with van der Waals surface area (Å²) in [6, 6.07) is 12.3. The van der Waals surface area contributed by atoms with Gasteiger partial charge in [-0.1, -0.05) is 19.1 Å². The Morgan fingerprint density at radius 1 is 1.17 bits per heavy atom. The molecule has 5 heteroatoms. The van der Waals surface area contributed by atoms with Gasteiger partial charge in [-0.2, -0.15) is 0 Å². The summed E-state index contributed by atoms with van der Waals surface area (Å²) in [6.45, 7) is 6.23. The average Bonchev–Trinajstić information content (AvgIpc) is 2.51. The fraction of sp³-hybridized carbons (Fsp3) is 0.278. The third-order valence-corrected chi connectivity index (χ3v) is 3.65. The summed E-state index contributed by atoms with van der Waals surface area (Å²) >= 11 is 0. The maximum absolute atomic E-state index is 12.8. The summed E-state index contributed by atoms with van der Waals surface area (Å²) in [7, 11) is 0. The van der Waals surface area contributed by atoms with E-state index < -0.39 is 4.92 Å². The van der Waals surface area contributed by atoms with Crippen molar-refractivity contribution in [3.63, 3.8) is 0 Å². The van der Waals surface area contributed by atoms with Gasteiger partial charge < -0.3 is 4.90 Å². The molecule has 0 saturated heterocycles. The smallest absolute Gasteiger partial charge is 0.272 e. The lowest BCUT2D eigenvalue weighted by atomic mass is 10.1. The maximum Gasteiger partial charge on any atom is 0.272 e. The number of nitro benzene ring substituents is 1. The van der Waals surface area contributed by atoms with Crippen molar-refractivity contribution in [2.45, 2.75) is 27.2 Å². The van der Waals surface area contributed by atoms with Crippen LogP contribution < -0.4 is 4.90 Å². The highest BCUT2D eigenvalue weighted by Gasteiger charge is 2.19. The lowest BCUT2D eigenvalue weighted by molar-refractivity contribution is -0.385. The van der Waals surface area contributed by atoms with Gasteiger partial charge in [-0.05, 0) is 50.1 Å². The Morgan fingerprint density at radius 3 is 2.48 bits per heavy atom. The third kappa shape index (κ3) is 3.74. The highest BCUT2D eigenvalue weighted by Crippen LogP contribution is 2.23. The van der Waals surface area contributed by atoms with Crippen LogP contribution in [0.3, 0.4) is 0 Å². The second-order valence-corrected chi connectivity index (χ2v) is 5.55. The monoisotopic (exact) mass is 312 g/mol. The summed E-state index contributed by atoms with van der Waals surface area (Å²) in [4.78, 5) is 25.0. The maximum atomic E-state index is 12.8. The molecule has 0 unspecified atom stereocenters. The van der Waals surface area contributed by atoms with Gasteiger partial charge in [0.05, 0.1) is 4.92 Å². The Kier molecular flexibility index (Phi) is 5.11. The van der Waals surface area contributed by atoms with E-state index in [2.05, 4.69) is 0 Å². The quantitative estimate of drug-likeness (QED) is 0.612. The van der Waals surface area contributed by atoms with E-state index in [1.165, 1.54) is 12.1 Å². The van der Waals surface area contributed by atoms with Crippen LogP contribution in [-0.4, -0.2) is 17.4 Å². The van der Waals surface area contributed by atoms with Gasteiger partial charge in [0.25, 0.3) is 11.6 Å². The minimum absolute atomic E-state index is 0.0270. The zero-order valence-corrected chi connectivity index (χ0v) is 13.6. The van der Waals surface area contributed by atoms with E-state index in [0.29, 0.717) is 17.7 Å². The molecule has 0 fully saturated rings. The Labute approximate surface area is 135 Å². The van der Waals surface area contributed by atoms with Gasteiger partial charge in [0, 0.05) is 29.4 Å². The Bertz CT molecular complexity index is 741. The van der Waals surface area contributed by atoms with E-state index in [0.717, 1.165) is 17.7 Å². The van der Waals surface area contributed by atoms with Crippen molar-refractivity contribution >= 4 is 17.3 Å². The molecule has 2 aromatic rings. The van der Waals surface area contributed by atoms with Gasteiger partial charge >= 0.3 is 0 Å². The van der Waals surface area contributed by atoms with Crippen LogP contribution in [0.1, 0.15) is 34.8 Å². The highest BCUT2D eigenvalue weighted by atomic mass is 16.6. The highest BCUT2D eigenvalue weighted by molar-refractivity contribution is 6.06. The van der Waals surface area contributed by atoms with Gasteiger partial charge in [-0.3, -0.25) is 14.9 Å². The fourth-order valence-electron chi connectivity index (χ4n) is 2.52. The van der Waals surface area contributed by atoms with E-state index in [9.17, 15) is 14.9 Å². The molecule has 0 aliphatic heterocycles. The Balaban J connectivity index is 2.38. The molecule has 2 aromatic carbocycles. The lowest BCUT2D eigenvalue weighted by Gasteiger charge is -2.23. The number of carbonyl (C=O) groups is 1. The SMILES string of the molecule is CCCN(C(=O)c1ccc([N+](=O)[O-])c(C)c1)c1cccc(C)c1. The van der Waals surface area contributed by atoms with Crippen LogP contribution in [-0.2, 0) is 0 Å². The van der Waals surface area contributed by atoms with Crippen LogP contribution in [0.5, 0.6) is 0 Å². The van der Waals surface area contributed by atoms with Crippen molar-refractivity contribution < 1.29 is 9.72 Å². The van der Waals surface area contributed by atoms with Crippen molar-refractivity contribution in [1.82, 2.24) is 0 Å². The van der Waals surface area contributed by atoms with Gasteiger partial charge in [-0.15, -0.1) is 0 Å². The Hall–Kier alpha value is -2.69. The number of nitrogens with zero attached hydrogens (tertiary/aromatic N) is 2. The molecule has 0 aliphatic rings. The van der Waals surface area contributed by atoms with Crippen molar-refractivity contribution in [3.8, 4) is 0 Å². The fourth-order valence-corrected chi connectivity index (χ4v) is 2.52. The number of nitro groups is 1. The molecule has 0 aromatic heterocycles. The summed E-state index contributed by atoms with van der Waals surface area (Å²) < 4.78 is 0. The number of amides is 1. The normalized spacial score (nSPS) is 10.4. The van der Waals surface area contributed by atoms with Crippen LogP contribution in [0.15, 0.2) is 42.5 Å². The summed E-state index contributed by atoms with van der Waals surface area (Å²) in [5, 5.41) is 10.9. The zero-order chi connectivity index (χ0) is 17.0. The molecule has 0 N–H and O–H groups in total. The minimum atomic E-state index is -0.437. The second-order valence-electron chi connectivity index (χ2n) is 5.55. The van der Waals surface area contributed by atoms with Crippen molar-refractivity contribution in [3.05, 3.63) is 69.3 Å². The Morgan fingerprint density at radius 2 is 1.91 bits per heavy atom.